The van der Waals surface area contributed by atoms with Gasteiger partial charge in [-0.1, -0.05) is 148 Å². The summed E-state index contributed by atoms with van der Waals surface area (Å²) in [7, 11) is 4.20. The average molecular weight is 660 g/mol. The van der Waals surface area contributed by atoms with Crippen molar-refractivity contribution in [1.29, 1.82) is 0 Å². The van der Waals surface area contributed by atoms with Crippen LogP contribution in [0, 0.1) is 5.92 Å². The highest BCUT2D eigenvalue weighted by Crippen LogP contribution is 2.40. The molecule has 1 aliphatic carbocycles. The average Bonchev–Trinajstić information content (AvgIpc) is 3.03. The number of carbonyl (C=O) groups excluding carboxylic acids is 2. The molecule has 1 fully saturated rings. The van der Waals surface area contributed by atoms with E-state index in [1.807, 2.05) is 0 Å². The lowest BCUT2D eigenvalue weighted by atomic mass is 9.73. The molecule has 47 heavy (non-hydrogen) atoms. The van der Waals surface area contributed by atoms with E-state index in [2.05, 4.69) is 62.1 Å². The Morgan fingerprint density at radius 3 is 1.55 bits per heavy atom. The summed E-state index contributed by atoms with van der Waals surface area (Å²) < 4.78 is 0. The van der Waals surface area contributed by atoms with Crippen LogP contribution in [0.15, 0.2) is 12.2 Å². The minimum Gasteiger partial charge on any atom is -0.354 e. The van der Waals surface area contributed by atoms with Crippen molar-refractivity contribution >= 4 is 11.8 Å². The number of amides is 2. The third-order valence-electron chi connectivity index (χ3n) is 10.5. The highest BCUT2D eigenvalue weighted by atomic mass is 16.2. The molecule has 0 saturated heterocycles. The second-order valence-corrected chi connectivity index (χ2v) is 15.1. The van der Waals surface area contributed by atoms with E-state index < -0.39 is 5.54 Å². The summed E-state index contributed by atoms with van der Waals surface area (Å²) in [6.07, 6.45) is 37.7. The molecule has 0 heterocycles. The van der Waals surface area contributed by atoms with Gasteiger partial charge in [-0.05, 0) is 84.8 Å². The quantitative estimate of drug-likeness (QED) is 0.0563. The second-order valence-electron chi connectivity index (χ2n) is 15.1. The fourth-order valence-corrected chi connectivity index (χ4v) is 7.21. The molecule has 0 bridgehead atoms. The number of hydrogen-bond donors (Lipinski definition) is 1. The lowest BCUT2D eigenvalue weighted by molar-refractivity contribution is -0.157. The Morgan fingerprint density at radius 2 is 1.09 bits per heavy atom. The van der Waals surface area contributed by atoms with E-state index in [1.165, 1.54) is 109 Å². The van der Waals surface area contributed by atoms with Gasteiger partial charge in [0, 0.05) is 19.0 Å². The van der Waals surface area contributed by atoms with Crippen LogP contribution in [0.4, 0.5) is 0 Å². The minimum absolute atomic E-state index is 0.0534. The van der Waals surface area contributed by atoms with E-state index in [9.17, 15) is 9.59 Å². The summed E-state index contributed by atoms with van der Waals surface area (Å²) in [5.74, 6) is 0.434. The summed E-state index contributed by atoms with van der Waals surface area (Å²) in [6, 6.07) is 0. The van der Waals surface area contributed by atoms with Gasteiger partial charge in [0.2, 0.25) is 11.8 Å². The van der Waals surface area contributed by atoms with Crippen LogP contribution < -0.4 is 5.32 Å². The highest BCUT2D eigenvalue weighted by molar-refractivity contribution is 5.93. The van der Waals surface area contributed by atoms with Crippen LogP contribution in [0.1, 0.15) is 201 Å². The smallest absolute Gasteiger partial charge is 0.245 e. The molecular formula is C42H81N3O2. The molecule has 0 atom stereocenters. The maximum Gasteiger partial charge on any atom is 0.245 e. The largest absolute Gasteiger partial charge is 0.354 e. The van der Waals surface area contributed by atoms with E-state index in [4.69, 9.17) is 0 Å². The van der Waals surface area contributed by atoms with E-state index in [1.54, 1.807) is 0 Å². The van der Waals surface area contributed by atoms with Crippen molar-refractivity contribution in [2.45, 2.75) is 206 Å². The van der Waals surface area contributed by atoms with Crippen molar-refractivity contribution in [1.82, 2.24) is 15.1 Å². The number of nitrogens with one attached hydrogen (secondary N) is 1. The number of hydrogen-bond acceptors (Lipinski definition) is 3. The fourth-order valence-electron chi connectivity index (χ4n) is 7.21. The van der Waals surface area contributed by atoms with Gasteiger partial charge >= 0.3 is 0 Å². The Balaban J connectivity index is 2.87. The Kier molecular flexibility index (Phi) is 27.4. The predicted molar refractivity (Wildman–Crippen MR) is 205 cm³/mol. The van der Waals surface area contributed by atoms with Crippen molar-refractivity contribution in [2.75, 3.05) is 33.7 Å². The molecule has 1 rings (SSSR count). The lowest BCUT2D eigenvalue weighted by Crippen LogP contribution is -2.65. The zero-order chi connectivity index (χ0) is 34.4. The fraction of sp³-hybridized carbons (Fsp3) is 0.905. The molecular weight excluding hydrogens is 578 g/mol. The van der Waals surface area contributed by atoms with Gasteiger partial charge in [-0.3, -0.25) is 9.59 Å². The normalized spacial score (nSPS) is 14.3. The SMILES string of the molecule is CCCCC/C=C\CCCNC(=O)C1(N(CCCN(C)C)C(=O)C(CCCCCCCCCC)CCCCCCCCCC)CCC1. The second kappa shape index (κ2) is 29.5. The molecule has 0 aliphatic heterocycles. The zero-order valence-electron chi connectivity index (χ0n) is 32.4. The molecule has 2 amide bonds. The predicted octanol–water partition coefficient (Wildman–Crippen LogP) is 11.4. The van der Waals surface area contributed by atoms with Crippen molar-refractivity contribution < 1.29 is 9.59 Å². The van der Waals surface area contributed by atoms with Crippen LogP contribution in [0.3, 0.4) is 0 Å². The molecule has 0 radical (unpaired) electrons. The number of allylic oxidation sites excluding steroid dienone is 2. The van der Waals surface area contributed by atoms with Crippen LogP contribution in [0.25, 0.3) is 0 Å². The van der Waals surface area contributed by atoms with Gasteiger partial charge in [0.1, 0.15) is 5.54 Å². The molecule has 0 aromatic rings. The van der Waals surface area contributed by atoms with E-state index in [0.29, 0.717) is 13.1 Å². The lowest BCUT2D eigenvalue weighted by Gasteiger charge is -2.50. The minimum atomic E-state index is -0.643. The third-order valence-corrected chi connectivity index (χ3v) is 10.5. The number of nitrogens with zero attached hydrogens (tertiary/aromatic N) is 2. The molecule has 0 spiro atoms. The summed E-state index contributed by atoms with van der Waals surface area (Å²) in [5.41, 5.74) is -0.643. The van der Waals surface area contributed by atoms with Gasteiger partial charge in [-0.25, -0.2) is 0 Å². The van der Waals surface area contributed by atoms with Gasteiger partial charge in [0.05, 0.1) is 0 Å². The summed E-state index contributed by atoms with van der Waals surface area (Å²) in [6.45, 7) is 9.12. The monoisotopic (exact) mass is 660 g/mol. The van der Waals surface area contributed by atoms with Crippen molar-refractivity contribution in [2.24, 2.45) is 5.92 Å². The van der Waals surface area contributed by atoms with Crippen LogP contribution in [-0.4, -0.2) is 60.9 Å². The first kappa shape index (κ1) is 43.7. The topological polar surface area (TPSA) is 52.7 Å². The first-order chi connectivity index (χ1) is 22.9. The van der Waals surface area contributed by atoms with E-state index >= 15 is 0 Å². The summed E-state index contributed by atoms with van der Waals surface area (Å²) >= 11 is 0. The van der Waals surface area contributed by atoms with Crippen LogP contribution >= 0.6 is 0 Å². The first-order valence-corrected chi connectivity index (χ1v) is 20.8. The van der Waals surface area contributed by atoms with Crippen molar-refractivity contribution in [3.8, 4) is 0 Å². The van der Waals surface area contributed by atoms with Gasteiger partial charge in [0.15, 0.2) is 0 Å². The molecule has 1 saturated carbocycles. The molecule has 1 aliphatic rings. The van der Waals surface area contributed by atoms with Crippen LogP contribution in [0.2, 0.25) is 0 Å². The van der Waals surface area contributed by atoms with E-state index in [-0.39, 0.29) is 17.7 Å². The Labute approximate surface area is 293 Å². The van der Waals surface area contributed by atoms with Gasteiger partial charge < -0.3 is 15.1 Å². The zero-order valence-corrected chi connectivity index (χ0v) is 32.4. The van der Waals surface area contributed by atoms with Gasteiger partial charge in [0.25, 0.3) is 0 Å². The molecule has 5 heteroatoms. The van der Waals surface area contributed by atoms with Crippen LogP contribution in [-0.2, 0) is 9.59 Å². The molecule has 5 nitrogen and oxygen atoms in total. The van der Waals surface area contributed by atoms with Crippen molar-refractivity contribution in [3.05, 3.63) is 12.2 Å². The molecule has 276 valence electrons. The van der Waals surface area contributed by atoms with Gasteiger partial charge in [-0.2, -0.15) is 0 Å². The maximum absolute atomic E-state index is 14.6. The Morgan fingerprint density at radius 1 is 0.617 bits per heavy atom. The highest BCUT2D eigenvalue weighted by Gasteiger charge is 2.51. The third kappa shape index (κ3) is 20.0. The number of unbranched alkanes of at least 4 members (excludes halogenated alkanes) is 18. The Bertz CT molecular complexity index is 756. The van der Waals surface area contributed by atoms with Crippen LogP contribution in [0.5, 0.6) is 0 Å². The first-order valence-electron chi connectivity index (χ1n) is 20.8. The standard InChI is InChI=1S/C42H81N3O2/c1-6-9-12-15-18-21-24-27-32-39(33-28-25-22-19-16-13-10-7-2)40(46)45(38-31-37-44(4)5)42(34-30-35-42)41(47)43-36-29-26-23-20-17-14-11-8-3/h20,23,39H,6-19,21-22,24-38H2,1-5H3,(H,43,47)/b23-20-. The van der Waals surface area contributed by atoms with Gasteiger partial charge in [-0.15, -0.1) is 0 Å². The van der Waals surface area contributed by atoms with Crippen molar-refractivity contribution in [3.63, 3.8) is 0 Å². The summed E-state index contributed by atoms with van der Waals surface area (Å²) in [5, 5.41) is 3.29. The number of carbonyl (C=O) groups is 2. The maximum atomic E-state index is 14.6. The molecule has 0 aromatic heterocycles. The molecule has 0 unspecified atom stereocenters. The molecule has 1 N–H and O–H groups in total. The molecule has 0 aromatic carbocycles. The number of rotatable bonds is 33. The summed E-state index contributed by atoms with van der Waals surface area (Å²) in [4.78, 5) is 32.8. The van der Waals surface area contributed by atoms with E-state index in [0.717, 1.165) is 77.2 Å². The Hall–Kier alpha value is -1.36.